The lowest BCUT2D eigenvalue weighted by Gasteiger charge is -2.25. The molecule has 0 aromatic carbocycles. The van der Waals surface area contributed by atoms with Gasteiger partial charge in [0.1, 0.15) is 0 Å². The first-order chi connectivity index (χ1) is 7.87. The Kier molecular flexibility index (Phi) is 5.13. The fourth-order valence-electron chi connectivity index (χ4n) is 2.55. The van der Waals surface area contributed by atoms with Crippen LogP contribution in [-0.4, -0.2) is 11.0 Å². The summed E-state index contributed by atoms with van der Waals surface area (Å²) in [6.45, 7) is 9.16. The third-order valence-corrected chi connectivity index (χ3v) is 2.89. The lowest BCUT2D eigenvalue weighted by molar-refractivity contribution is 0.285. The van der Waals surface area contributed by atoms with Crippen LogP contribution in [0.5, 0.6) is 0 Å². The van der Waals surface area contributed by atoms with Crippen molar-refractivity contribution >= 4 is 0 Å². The van der Waals surface area contributed by atoms with E-state index in [0.29, 0.717) is 11.3 Å². The molecule has 0 aliphatic heterocycles. The Balaban J connectivity index is 2.37. The van der Waals surface area contributed by atoms with Crippen molar-refractivity contribution in [2.45, 2.75) is 53.0 Å². The molecule has 0 radical (unpaired) electrons. The van der Waals surface area contributed by atoms with Crippen LogP contribution in [-0.2, 0) is 6.42 Å². The lowest BCUT2D eigenvalue weighted by atomic mass is 9.82. The standard InChI is InChI=1S/C15H26N2/c1-12(10-15(2,3)4)8-14(16)9-13-6-5-7-17-11-13/h5-7,11-12,14H,8-10,16H2,1-4H3. The van der Waals surface area contributed by atoms with Gasteiger partial charge in [0.15, 0.2) is 0 Å². The van der Waals surface area contributed by atoms with Crippen molar-refractivity contribution in [2.24, 2.45) is 17.1 Å². The first-order valence-corrected chi connectivity index (χ1v) is 6.51. The maximum Gasteiger partial charge on any atom is 0.0300 e. The van der Waals surface area contributed by atoms with E-state index in [4.69, 9.17) is 5.73 Å². The molecule has 1 aromatic rings. The van der Waals surface area contributed by atoms with E-state index in [9.17, 15) is 0 Å². The van der Waals surface area contributed by atoms with Gasteiger partial charge in [-0.3, -0.25) is 4.98 Å². The Morgan fingerprint density at radius 2 is 2.06 bits per heavy atom. The molecule has 2 atom stereocenters. The Hall–Kier alpha value is -0.890. The molecule has 0 bridgehead atoms. The molecule has 2 nitrogen and oxygen atoms in total. The van der Waals surface area contributed by atoms with Crippen LogP contribution < -0.4 is 5.73 Å². The second kappa shape index (κ2) is 6.15. The Morgan fingerprint density at radius 3 is 2.59 bits per heavy atom. The predicted molar refractivity (Wildman–Crippen MR) is 73.8 cm³/mol. The highest BCUT2D eigenvalue weighted by molar-refractivity contribution is 5.09. The van der Waals surface area contributed by atoms with Crippen LogP contribution in [0.3, 0.4) is 0 Å². The third kappa shape index (κ3) is 6.42. The summed E-state index contributed by atoms with van der Waals surface area (Å²) in [5.41, 5.74) is 7.83. The van der Waals surface area contributed by atoms with Crippen LogP contribution in [0.2, 0.25) is 0 Å². The van der Waals surface area contributed by atoms with Gasteiger partial charge in [0, 0.05) is 18.4 Å². The van der Waals surface area contributed by atoms with Gasteiger partial charge in [0.25, 0.3) is 0 Å². The highest BCUT2D eigenvalue weighted by Gasteiger charge is 2.17. The minimum atomic E-state index is 0.247. The maximum absolute atomic E-state index is 6.20. The Bertz CT molecular complexity index is 313. The summed E-state index contributed by atoms with van der Waals surface area (Å²) in [6, 6.07) is 4.32. The van der Waals surface area contributed by atoms with Crippen LogP contribution >= 0.6 is 0 Å². The van der Waals surface area contributed by atoms with Gasteiger partial charge in [0.2, 0.25) is 0 Å². The first kappa shape index (κ1) is 14.2. The molecule has 0 saturated carbocycles. The summed E-state index contributed by atoms with van der Waals surface area (Å²) in [7, 11) is 0. The summed E-state index contributed by atoms with van der Waals surface area (Å²) in [4.78, 5) is 4.12. The smallest absolute Gasteiger partial charge is 0.0300 e. The zero-order chi connectivity index (χ0) is 12.9. The molecule has 1 aromatic heterocycles. The molecule has 2 N–H and O–H groups in total. The number of nitrogens with zero attached hydrogens (tertiary/aromatic N) is 1. The van der Waals surface area contributed by atoms with Crippen molar-refractivity contribution in [3.05, 3.63) is 30.1 Å². The maximum atomic E-state index is 6.20. The molecule has 0 spiro atoms. The number of aromatic nitrogens is 1. The summed E-state index contributed by atoms with van der Waals surface area (Å²) in [5, 5.41) is 0. The molecule has 17 heavy (non-hydrogen) atoms. The van der Waals surface area contributed by atoms with Crippen molar-refractivity contribution in [3.63, 3.8) is 0 Å². The quantitative estimate of drug-likeness (QED) is 0.848. The number of hydrogen-bond donors (Lipinski definition) is 1. The van der Waals surface area contributed by atoms with E-state index in [1.54, 1.807) is 6.20 Å². The van der Waals surface area contributed by atoms with Crippen LogP contribution in [0, 0.1) is 11.3 Å². The molecular formula is C15H26N2. The van der Waals surface area contributed by atoms with Crippen LogP contribution in [0.25, 0.3) is 0 Å². The van der Waals surface area contributed by atoms with Crippen LogP contribution in [0.1, 0.15) is 46.1 Å². The number of nitrogens with two attached hydrogens (primary N) is 1. The molecule has 0 aliphatic rings. The molecule has 2 unspecified atom stereocenters. The normalized spacial score (nSPS) is 15.6. The van der Waals surface area contributed by atoms with E-state index in [-0.39, 0.29) is 6.04 Å². The van der Waals surface area contributed by atoms with Crippen LogP contribution in [0.15, 0.2) is 24.5 Å². The zero-order valence-electron chi connectivity index (χ0n) is 11.6. The van der Waals surface area contributed by atoms with E-state index in [1.807, 2.05) is 12.3 Å². The molecule has 0 fully saturated rings. The van der Waals surface area contributed by atoms with E-state index in [0.717, 1.165) is 12.8 Å². The van der Waals surface area contributed by atoms with Gasteiger partial charge >= 0.3 is 0 Å². The molecule has 0 amide bonds. The summed E-state index contributed by atoms with van der Waals surface area (Å²) < 4.78 is 0. The molecule has 1 heterocycles. The molecule has 0 aliphatic carbocycles. The monoisotopic (exact) mass is 234 g/mol. The average molecular weight is 234 g/mol. The number of hydrogen-bond acceptors (Lipinski definition) is 2. The van der Waals surface area contributed by atoms with Crippen molar-refractivity contribution in [2.75, 3.05) is 0 Å². The van der Waals surface area contributed by atoms with Crippen molar-refractivity contribution in [1.82, 2.24) is 4.98 Å². The highest BCUT2D eigenvalue weighted by atomic mass is 14.6. The van der Waals surface area contributed by atoms with Crippen molar-refractivity contribution < 1.29 is 0 Å². The lowest BCUT2D eigenvalue weighted by Crippen LogP contribution is -2.26. The molecule has 2 heteroatoms. The van der Waals surface area contributed by atoms with Crippen LogP contribution in [0.4, 0.5) is 0 Å². The van der Waals surface area contributed by atoms with Crippen molar-refractivity contribution in [3.8, 4) is 0 Å². The van der Waals surface area contributed by atoms with Gasteiger partial charge in [-0.05, 0) is 42.2 Å². The molecule has 0 saturated heterocycles. The second-order valence-electron chi connectivity index (χ2n) is 6.43. The first-order valence-electron chi connectivity index (χ1n) is 6.51. The zero-order valence-corrected chi connectivity index (χ0v) is 11.6. The average Bonchev–Trinajstić information content (AvgIpc) is 2.15. The number of rotatable bonds is 5. The second-order valence-corrected chi connectivity index (χ2v) is 6.43. The summed E-state index contributed by atoms with van der Waals surface area (Å²) >= 11 is 0. The van der Waals surface area contributed by atoms with Gasteiger partial charge in [-0.1, -0.05) is 33.8 Å². The van der Waals surface area contributed by atoms with Crippen molar-refractivity contribution in [1.29, 1.82) is 0 Å². The highest BCUT2D eigenvalue weighted by Crippen LogP contribution is 2.26. The fourth-order valence-corrected chi connectivity index (χ4v) is 2.55. The molecular weight excluding hydrogens is 208 g/mol. The van der Waals surface area contributed by atoms with E-state index in [2.05, 4.69) is 38.7 Å². The van der Waals surface area contributed by atoms with E-state index in [1.165, 1.54) is 12.0 Å². The molecule has 96 valence electrons. The number of pyridine rings is 1. The van der Waals surface area contributed by atoms with Gasteiger partial charge < -0.3 is 5.73 Å². The van der Waals surface area contributed by atoms with Gasteiger partial charge in [-0.2, -0.15) is 0 Å². The van der Waals surface area contributed by atoms with Gasteiger partial charge in [-0.25, -0.2) is 0 Å². The van der Waals surface area contributed by atoms with E-state index >= 15 is 0 Å². The summed E-state index contributed by atoms with van der Waals surface area (Å²) in [5.74, 6) is 0.682. The minimum Gasteiger partial charge on any atom is -0.327 e. The van der Waals surface area contributed by atoms with Gasteiger partial charge in [0.05, 0.1) is 0 Å². The van der Waals surface area contributed by atoms with E-state index < -0.39 is 0 Å². The fraction of sp³-hybridized carbons (Fsp3) is 0.667. The predicted octanol–water partition coefficient (Wildman–Crippen LogP) is 3.41. The topological polar surface area (TPSA) is 38.9 Å². The Labute approximate surface area is 106 Å². The summed E-state index contributed by atoms with van der Waals surface area (Å²) in [6.07, 6.45) is 6.97. The largest absolute Gasteiger partial charge is 0.327 e. The minimum absolute atomic E-state index is 0.247. The SMILES string of the molecule is CC(CC(N)Cc1cccnc1)CC(C)(C)C. The van der Waals surface area contributed by atoms with Gasteiger partial charge in [-0.15, -0.1) is 0 Å². The Morgan fingerprint density at radius 1 is 1.35 bits per heavy atom. The molecule has 1 rings (SSSR count). The third-order valence-electron chi connectivity index (χ3n) is 2.89.